The van der Waals surface area contributed by atoms with Gasteiger partial charge in [0.2, 0.25) is 0 Å². The van der Waals surface area contributed by atoms with E-state index in [0.717, 1.165) is 28.0 Å². The number of nitrogens with zero attached hydrogens (tertiary/aromatic N) is 4. The second-order valence-electron chi connectivity index (χ2n) is 6.12. The topological polar surface area (TPSA) is 61.9 Å². The lowest BCUT2D eigenvalue weighted by Crippen LogP contribution is -2.16. The van der Waals surface area contributed by atoms with Crippen molar-refractivity contribution in [3.05, 3.63) is 47.3 Å². The molecule has 6 heteroatoms. The van der Waals surface area contributed by atoms with Gasteiger partial charge in [-0.1, -0.05) is 17.3 Å². The first kappa shape index (κ1) is 16.4. The molecule has 2 aromatic heterocycles. The van der Waals surface area contributed by atoms with E-state index in [0.29, 0.717) is 6.61 Å². The molecule has 3 rings (SSSR count). The zero-order valence-electron chi connectivity index (χ0n) is 14.5. The van der Waals surface area contributed by atoms with Crippen molar-refractivity contribution in [1.82, 2.24) is 19.6 Å². The van der Waals surface area contributed by atoms with Gasteiger partial charge in [-0.3, -0.25) is 4.79 Å². The van der Waals surface area contributed by atoms with E-state index in [2.05, 4.69) is 21.8 Å². The average Bonchev–Trinajstić information content (AvgIpc) is 3.09. The van der Waals surface area contributed by atoms with Crippen LogP contribution in [0.1, 0.15) is 34.7 Å². The molecular weight excluding hydrogens is 304 g/mol. The van der Waals surface area contributed by atoms with Gasteiger partial charge in [0, 0.05) is 24.1 Å². The van der Waals surface area contributed by atoms with Crippen molar-refractivity contribution in [2.24, 2.45) is 0 Å². The molecule has 2 heterocycles. The molecule has 0 spiro atoms. The molecule has 0 aliphatic carbocycles. The Morgan fingerprint density at radius 3 is 2.79 bits per heavy atom. The molecule has 0 fully saturated rings. The minimum Gasteiger partial charge on any atom is -0.383 e. The van der Waals surface area contributed by atoms with E-state index in [-0.39, 0.29) is 18.4 Å². The highest BCUT2D eigenvalue weighted by Gasteiger charge is 2.19. The number of fused-ring (bicyclic) bond motifs is 1. The minimum atomic E-state index is 0.0367. The quantitative estimate of drug-likeness (QED) is 0.653. The molecule has 6 nitrogen and oxygen atoms in total. The van der Waals surface area contributed by atoms with Gasteiger partial charge in [-0.05, 0) is 39.0 Å². The number of ketones is 1. The fraction of sp³-hybridized carbons (Fsp3) is 0.389. The van der Waals surface area contributed by atoms with E-state index >= 15 is 0 Å². The molecule has 0 amide bonds. The predicted octanol–water partition coefficient (Wildman–Crippen LogP) is 2.94. The van der Waals surface area contributed by atoms with Crippen LogP contribution in [-0.4, -0.2) is 39.1 Å². The largest absolute Gasteiger partial charge is 0.383 e. The highest BCUT2D eigenvalue weighted by atomic mass is 16.5. The van der Waals surface area contributed by atoms with Gasteiger partial charge in [-0.2, -0.15) is 0 Å². The number of ether oxygens (including phenoxy) is 1. The monoisotopic (exact) mass is 326 g/mol. The second kappa shape index (κ2) is 6.57. The summed E-state index contributed by atoms with van der Waals surface area (Å²) < 4.78 is 9.05. The number of rotatable bonds is 6. The third kappa shape index (κ3) is 2.85. The summed E-state index contributed by atoms with van der Waals surface area (Å²) in [4.78, 5) is 12.8. The SMILES string of the molecule is COC[C@@H](C)n1c(C)cc(C(=O)Cn2nnc3ccccc32)c1C. The average molecular weight is 326 g/mol. The number of hydrogen-bond donors (Lipinski definition) is 0. The molecule has 0 radical (unpaired) electrons. The van der Waals surface area contributed by atoms with Crippen LogP contribution in [0, 0.1) is 13.8 Å². The van der Waals surface area contributed by atoms with Crippen molar-refractivity contribution >= 4 is 16.8 Å². The normalized spacial score (nSPS) is 12.7. The van der Waals surface area contributed by atoms with E-state index in [9.17, 15) is 4.79 Å². The smallest absolute Gasteiger partial charge is 0.186 e. The molecule has 1 atom stereocenters. The van der Waals surface area contributed by atoms with Gasteiger partial charge in [0.25, 0.3) is 0 Å². The fourth-order valence-electron chi connectivity index (χ4n) is 3.31. The summed E-state index contributed by atoms with van der Waals surface area (Å²) in [5, 5.41) is 8.21. The van der Waals surface area contributed by atoms with E-state index in [1.165, 1.54) is 0 Å². The Kier molecular flexibility index (Phi) is 4.49. The number of hydrogen-bond acceptors (Lipinski definition) is 4. The zero-order chi connectivity index (χ0) is 17.3. The Morgan fingerprint density at radius 1 is 1.29 bits per heavy atom. The van der Waals surface area contributed by atoms with E-state index in [4.69, 9.17) is 4.74 Å². The number of carbonyl (C=O) groups is 1. The number of carbonyl (C=O) groups excluding carboxylic acids is 1. The fourth-order valence-corrected chi connectivity index (χ4v) is 3.31. The molecule has 24 heavy (non-hydrogen) atoms. The number of aromatic nitrogens is 4. The summed E-state index contributed by atoms with van der Waals surface area (Å²) in [5.74, 6) is 0.0367. The van der Waals surface area contributed by atoms with Gasteiger partial charge in [-0.25, -0.2) is 4.68 Å². The lowest BCUT2D eigenvalue weighted by molar-refractivity contribution is 0.0967. The molecule has 0 aliphatic heterocycles. The van der Waals surface area contributed by atoms with E-state index in [1.807, 2.05) is 44.2 Å². The molecule has 0 saturated heterocycles. The maximum Gasteiger partial charge on any atom is 0.186 e. The van der Waals surface area contributed by atoms with Crippen LogP contribution in [0.4, 0.5) is 0 Å². The van der Waals surface area contributed by atoms with Crippen LogP contribution in [0.3, 0.4) is 0 Å². The van der Waals surface area contributed by atoms with Crippen molar-refractivity contribution in [3.8, 4) is 0 Å². The number of aryl methyl sites for hydroxylation is 1. The van der Waals surface area contributed by atoms with Crippen molar-refractivity contribution in [3.63, 3.8) is 0 Å². The molecule has 1 aromatic carbocycles. The zero-order valence-corrected chi connectivity index (χ0v) is 14.5. The van der Waals surface area contributed by atoms with Gasteiger partial charge >= 0.3 is 0 Å². The standard InChI is InChI=1S/C18H22N4O2/c1-12-9-15(14(3)22(12)13(2)11-24-4)18(23)10-21-17-8-6-5-7-16(17)19-20-21/h5-9,13H,10-11H2,1-4H3/t13-/m1/s1. The second-order valence-corrected chi connectivity index (χ2v) is 6.12. The van der Waals surface area contributed by atoms with Crippen LogP contribution in [0.5, 0.6) is 0 Å². The summed E-state index contributed by atoms with van der Waals surface area (Å²) in [6.07, 6.45) is 0. The predicted molar refractivity (Wildman–Crippen MR) is 92.4 cm³/mol. The lowest BCUT2D eigenvalue weighted by atomic mass is 10.1. The molecule has 126 valence electrons. The maximum atomic E-state index is 12.8. The van der Waals surface area contributed by atoms with Crippen LogP contribution >= 0.6 is 0 Å². The first-order chi connectivity index (χ1) is 11.5. The Bertz CT molecular complexity index is 878. The number of benzene rings is 1. The summed E-state index contributed by atoms with van der Waals surface area (Å²) >= 11 is 0. The van der Waals surface area contributed by atoms with Crippen LogP contribution < -0.4 is 0 Å². The molecule has 0 bridgehead atoms. The van der Waals surface area contributed by atoms with Crippen LogP contribution in [-0.2, 0) is 11.3 Å². The van der Waals surface area contributed by atoms with Gasteiger partial charge in [0.15, 0.2) is 5.78 Å². The van der Waals surface area contributed by atoms with Gasteiger partial charge < -0.3 is 9.30 Å². The van der Waals surface area contributed by atoms with Gasteiger partial charge in [0.1, 0.15) is 12.1 Å². The summed E-state index contributed by atoms with van der Waals surface area (Å²) in [5.41, 5.74) is 4.42. The Balaban J connectivity index is 1.89. The lowest BCUT2D eigenvalue weighted by Gasteiger charge is -2.17. The highest BCUT2D eigenvalue weighted by molar-refractivity contribution is 5.97. The molecule has 3 aromatic rings. The van der Waals surface area contributed by atoms with Crippen LogP contribution in [0.25, 0.3) is 11.0 Å². The summed E-state index contributed by atoms with van der Waals surface area (Å²) in [6.45, 7) is 6.87. The van der Waals surface area contributed by atoms with Crippen molar-refractivity contribution in [1.29, 1.82) is 0 Å². The number of methoxy groups -OCH3 is 1. The Morgan fingerprint density at radius 2 is 2.04 bits per heavy atom. The van der Waals surface area contributed by atoms with E-state index in [1.54, 1.807) is 11.8 Å². The molecule has 0 N–H and O–H groups in total. The summed E-state index contributed by atoms with van der Waals surface area (Å²) in [7, 11) is 1.69. The third-order valence-electron chi connectivity index (χ3n) is 4.35. The van der Waals surface area contributed by atoms with Crippen molar-refractivity contribution < 1.29 is 9.53 Å². The van der Waals surface area contributed by atoms with Crippen LogP contribution in [0.2, 0.25) is 0 Å². The Hall–Kier alpha value is -2.47. The van der Waals surface area contributed by atoms with Crippen molar-refractivity contribution in [2.45, 2.75) is 33.4 Å². The third-order valence-corrected chi connectivity index (χ3v) is 4.35. The first-order valence-electron chi connectivity index (χ1n) is 8.01. The van der Waals surface area contributed by atoms with Crippen molar-refractivity contribution in [2.75, 3.05) is 13.7 Å². The maximum absolute atomic E-state index is 12.8. The molecular formula is C18H22N4O2. The molecule has 0 aliphatic rings. The minimum absolute atomic E-state index is 0.0367. The Labute approximate surface area is 141 Å². The van der Waals surface area contributed by atoms with Crippen LogP contribution in [0.15, 0.2) is 30.3 Å². The number of Topliss-reactive ketones (excluding diaryl/α,β-unsaturated/α-hetero) is 1. The number of para-hydroxylation sites is 1. The summed E-state index contributed by atoms with van der Waals surface area (Å²) in [6, 6.07) is 9.78. The first-order valence-corrected chi connectivity index (χ1v) is 8.01. The molecule has 0 unspecified atom stereocenters. The molecule has 0 saturated carbocycles. The van der Waals surface area contributed by atoms with Gasteiger partial charge in [0.05, 0.1) is 18.2 Å². The highest BCUT2D eigenvalue weighted by Crippen LogP contribution is 2.22. The van der Waals surface area contributed by atoms with Gasteiger partial charge in [-0.15, -0.1) is 5.10 Å². The van der Waals surface area contributed by atoms with E-state index < -0.39 is 0 Å².